The monoisotopic (exact) mass is 348 g/mol. The Kier molecular flexibility index (Phi) is 7.37. The molecule has 0 aliphatic carbocycles. The van der Waals surface area contributed by atoms with Crippen LogP contribution in [0.5, 0.6) is 11.5 Å². The minimum atomic E-state index is 0.141. The molecule has 1 heterocycles. The molecule has 0 bridgehead atoms. The fraction of sp³-hybridized carbons (Fsp3) is 0.556. The number of hydrogen-bond acceptors (Lipinski definition) is 4. The maximum atomic E-state index is 12.0. The van der Waals surface area contributed by atoms with E-state index in [-0.39, 0.29) is 11.9 Å². The molecule has 0 unspecified atom stereocenters. The van der Waals surface area contributed by atoms with Gasteiger partial charge in [-0.15, -0.1) is 0 Å². The number of likely N-dealkylation sites (tertiary alicyclic amines) is 1. The number of ether oxygens (including phenoxy) is 2. The predicted octanol–water partition coefficient (Wildman–Crippen LogP) is 2.22. The highest BCUT2D eigenvalue weighted by atomic mass is 16.5. The number of aliphatic imine (C=N–C) groups is 1. The van der Waals surface area contributed by atoms with Crippen molar-refractivity contribution in [2.75, 3.05) is 38.2 Å². The lowest BCUT2D eigenvalue weighted by Crippen LogP contribution is -2.28. The summed E-state index contributed by atoms with van der Waals surface area (Å²) >= 11 is 0. The molecule has 3 N–H and O–H groups in total. The molecule has 7 nitrogen and oxygen atoms in total. The molecular formula is C18H28N4O3. The number of carbonyl (C=O) groups is 1. The number of nitrogens with two attached hydrogens (primary N) is 1. The van der Waals surface area contributed by atoms with Crippen LogP contribution < -0.4 is 20.5 Å². The molecule has 0 spiro atoms. The normalized spacial score (nSPS) is 14.5. The number of benzene rings is 1. The highest BCUT2D eigenvalue weighted by molar-refractivity contribution is 5.94. The number of carbonyl (C=O) groups excluding carboxylic acids is 1. The molecule has 2 rings (SSSR count). The second-order valence-electron chi connectivity index (χ2n) is 5.75. The van der Waals surface area contributed by atoms with Crippen molar-refractivity contribution in [3.05, 3.63) is 18.2 Å². The summed E-state index contributed by atoms with van der Waals surface area (Å²) in [6.45, 7) is 7.05. The average molecular weight is 348 g/mol. The Morgan fingerprint density at radius 2 is 1.96 bits per heavy atom. The number of guanidine groups is 1. The molecule has 0 atom stereocenters. The maximum absolute atomic E-state index is 12.0. The van der Waals surface area contributed by atoms with Crippen LogP contribution in [-0.4, -0.2) is 49.6 Å². The van der Waals surface area contributed by atoms with E-state index >= 15 is 0 Å². The van der Waals surface area contributed by atoms with E-state index in [4.69, 9.17) is 15.2 Å². The van der Waals surface area contributed by atoms with Gasteiger partial charge in [0.2, 0.25) is 5.91 Å². The zero-order chi connectivity index (χ0) is 18.1. The van der Waals surface area contributed by atoms with Gasteiger partial charge < -0.3 is 25.4 Å². The van der Waals surface area contributed by atoms with Crippen molar-refractivity contribution < 1.29 is 14.3 Å². The lowest BCUT2D eigenvalue weighted by Gasteiger charge is -2.15. The van der Waals surface area contributed by atoms with Gasteiger partial charge in [-0.05, 0) is 38.8 Å². The topological polar surface area (TPSA) is 89.2 Å². The number of rotatable bonds is 8. The van der Waals surface area contributed by atoms with Crippen LogP contribution in [0.2, 0.25) is 0 Å². The third-order valence-electron chi connectivity index (χ3n) is 3.89. The molecule has 0 radical (unpaired) electrons. The van der Waals surface area contributed by atoms with Crippen LogP contribution >= 0.6 is 0 Å². The van der Waals surface area contributed by atoms with E-state index in [9.17, 15) is 4.79 Å². The van der Waals surface area contributed by atoms with Gasteiger partial charge in [0.15, 0.2) is 5.96 Å². The minimum absolute atomic E-state index is 0.141. The van der Waals surface area contributed by atoms with Crippen molar-refractivity contribution in [2.45, 2.75) is 33.1 Å². The number of amides is 1. The lowest BCUT2D eigenvalue weighted by atomic mass is 10.2. The molecule has 1 saturated heterocycles. The zero-order valence-electron chi connectivity index (χ0n) is 15.1. The number of hydrogen-bond donors (Lipinski definition) is 2. The first-order chi connectivity index (χ1) is 12.1. The number of anilines is 1. The summed E-state index contributed by atoms with van der Waals surface area (Å²) in [5.74, 6) is 1.80. The summed E-state index contributed by atoms with van der Waals surface area (Å²) in [6, 6.07) is 5.51. The molecule has 1 fully saturated rings. The molecule has 138 valence electrons. The van der Waals surface area contributed by atoms with E-state index < -0.39 is 0 Å². The van der Waals surface area contributed by atoms with Gasteiger partial charge in [0, 0.05) is 25.6 Å². The summed E-state index contributed by atoms with van der Waals surface area (Å²) in [5.41, 5.74) is 6.65. The van der Waals surface area contributed by atoms with Crippen LogP contribution in [0, 0.1) is 0 Å². The Hall–Kier alpha value is -2.44. The highest BCUT2D eigenvalue weighted by Crippen LogP contribution is 2.29. The minimum Gasteiger partial charge on any atom is -0.494 e. The van der Waals surface area contributed by atoms with E-state index in [1.807, 2.05) is 36.9 Å². The molecule has 1 amide bonds. The molecule has 0 aromatic heterocycles. The van der Waals surface area contributed by atoms with E-state index in [0.717, 1.165) is 31.7 Å². The molecule has 1 aliphatic rings. The van der Waals surface area contributed by atoms with E-state index in [1.54, 1.807) is 0 Å². The summed E-state index contributed by atoms with van der Waals surface area (Å²) in [7, 11) is 0. The van der Waals surface area contributed by atoms with Gasteiger partial charge in [0.1, 0.15) is 11.5 Å². The average Bonchev–Trinajstić information content (AvgIpc) is 3.12. The molecule has 7 heteroatoms. The van der Waals surface area contributed by atoms with Gasteiger partial charge in [-0.2, -0.15) is 0 Å². The molecular weight excluding hydrogens is 320 g/mol. The quantitative estimate of drug-likeness (QED) is 0.555. The van der Waals surface area contributed by atoms with Gasteiger partial charge in [-0.1, -0.05) is 0 Å². The summed E-state index contributed by atoms with van der Waals surface area (Å²) in [6.07, 6.45) is 2.56. The fourth-order valence-corrected chi connectivity index (χ4v) is 2.72. The Bertz CT molecular complexity index is 598. The molecule has 0 saturated carbocycles. The molecule has 1 aliphatic heterocycles. The van der Waals surface area contributed by atoms with E-state index in [2.05, 4.69) is 10.3 Å². The van der Waals surface area contributed by atoms with Crippen LogP contribution in [0.4, 0.5) is 5.69 Å². The molecule has 1 aromatic rings. The zero-order valence-corrected chi connectivity index (χ0v) is 15.1. The van der Waals surface area contributed by atoms with Crippen LogP contribution in [0.1, 0.15) is 33.1 Å². The first kappa shape index (κ1) is 18.9. The Balaban J connectivity index is 1.94. The second kappa shape index (κ2) is 9.76. The molecule has 25 heavy (non-hydrogen) atoms. The van der Waals surface area contributed by atoms with E-state index in [0.29, 0.717) is 37.6 Å². The van der Waals surface area contributed by atoms with Gasteiger partial charge >= 0.3 is 0 Å². The largest absolute Gasteiger partial charge is 0.494 e. The number of nitrogens with zero attached hydrogens (tertiary/aromatic N) is 2. The second-order valence-corrected chi connectivity index (χ2v) is 5.75. The smallest absolute Gasteiger partial charge is 0.224 e. The third kappa shape index (κ3) is 5.85. The maximum Gasteiger partial charge on any atom is 0.224 e. The van der Waals surface area contributed by atoms with Crippen molar-refractivity contribution >= 4 is 17.6 Å². The summed E-state index contributed by atoms with van der Waals surface area (Å²) < 4.78 is 11.1. The Morgan fingerprint density at radius 1 is 1.24 bits per heavy atom. The lowest BCUT2D eigenvalue weighted by molar-refractivity contribution is -0.129. The van der Waals surface area contributed by atoms with Crippen molar-refractivity contribution in [3.63, 3.8) is 0 Å². The first-order valence-corrected chi connectivity index (χ1v) is 8.88. The van der Waals surface area contributed by atoms with Crippen molar-refractivity contribution in [1.82, 2.24) is 4.90 Å². The molecule has 1 aromatic carbocycles. The standard InChI is InChI=1S/C18H28N4O3/c1-3-24-14-7-8-16(25-4-2)15(13-14)21-18(19)20-10-9-17(23)22-11-5-6-12-22/h7-8,13H,3-6,9-12H2,1-2H3,(H3,19,20,21). The van der Waals surface area contributed by atoms with Crippen molar-refractivity contribution in [2.24, 2.45) is 10.7 Å². The third-order valence-corrected chi connectivity index (χ3v) is 3.89. The SMILES string of the molecule is CCOc1ccc(OCC)c(NC(N)=NCCC(=O)N2CCCC2)c1. The Morgan fingerprint density at radius 3 is 2.64 bits per heavy atom. The van der Waals surface area contributed by atoms with Gasteiger partial charge in [-0.3, -0.25) is 9.79 Å². The Labute approximate surface area is 149 Å². The number of nitrogens with one attached hydrogen (secondary N) is 1. The van der Waals surface area contributed by atoms with Crippen LogP contribution in [0.3, 0.4) is 0 Å². The van der Waals surface area contributed by atoms with Crippen molar-refractivity contribution in [1.29, 1.82) is 0 Å². The van der Waals surface area contributed by atoms with E-state index in [1.165, 1.54) is 0 Å². The first-order valence-electron chi connectivity index (χ1n) is 8.88. The summed E-state index contributed by atoms with van der Waals surface area (Å²) in [4.78, 5) is 18.1. The summed E-state index contributed by atoms with van der Waals surface area (Å²) in [5, 5.41) is 3.04. The predicted molar refractivity (Wildman–Crippen MR) is 99.3 cm³/mol. The van der Waals surface area contributed by atoms with Crippen LogP contribution in [0.15, 0.2) is 23.2 Å². The fourth-order valence-electron chi connectivity index (χ4n) is 2.72. The highest BCUT2D eigenvalue weighted by Gasteiger charge is 2.17. The van der Waals surface area contributed by atoms with Crippen LogP contribution in [0.25, 0.3) is 0 Å². The van der Waals surface area contributed by atoms with Crippen molar-refractivity contribution in [3.8, 4) is 11.5 Å². The van der Waals surface area contributed by atoms with Gasteiger partial charge in [0.25, 0.3) is 0 Å². The van der Waals surface area contributed by atoms with Crippen LogP contribution in [-0.2, 0) is 4.79 Å². The van der Waals surface area contributed by atoms with Gasteiger partial charge in [-0.25, -0.2) is 0 Å². The van der Waals surface area contributed by atoms with Gasteiger partial charge in [0.05, 0.1) is 25.4 Å².